The van der Waals surface area contributed by atoms with Gasteiger partial charge in [0.2, 0.25) is 5.91 Å². The zero-order chi connectivity index (χ0) is 18.9. The van der Waals surface area contributed by atoms with Crippen molar-refractivity contribution in [3.63, 3.8) is 0 Å². The molecule has 0 aliphatic carbocycles. The summed E-state index contributed by atoms with van der Waals surface area (Å²) >= 11 is 1.86. The van der Waals surface area contributed by atoms with Crippen LogP contribution in [0.5, 0.6) is 0 Å². The highest BCUT2D eigenvalue weighted by molar-refractivity contribution is 7.99. The predicted molar refractivity (Wildman–Crippen MR) is 117 cm³/mol. The number of rotatable bonds is 3. The second kappa shape index (κ2) is 8.05. The molecule has 0 spiro atoms. The van der Waals surface area contributed by atoms with Gasteiger partial charge in [0.1, 0.15) is 0 Å². The van der Waals surface area contributed by atoms with Crippen molar-refractivity contribution >= 4 is 28.4 Å². The number of likely N-dealkylation sites (tertiary alicyclic amines) is 1. The van der Waals surface area contributed by atoms with Gasteiger partial charge < -0.3 is 10.2 Å². The van der Waals surface area contributed by atoms with Crippen LogP contribution < -0.4 is 5.32 Å². The second-order valence-electron chi connectivity index (χ2n) is 8.41. The second-order valence-corrected chi connectivity index (χ2v) is 9.48. The molecule has 0 saturated carbocycles. The highest BCUT2D eigenvalue weighted by atomic mass is 32.2. The van der Waals surface area contributed by atoms with Gasteiger partial charge in [0.25, 0.3) is 0 Å². The molecule has 0 unspecified atom stereocenters. The number of amides is 1. The Hall–Kier alpha value is -1.56. The number of fused-ring (bicyclic) bond motifs is 1. The minimum atomic E-state index is 0.0295. The molecule has 2 aromatic carbocycles. The monoisotopic (exact) mass is 395 g/mol. The Balaban J connectivity index is 1.17. The van der Waals surface area contributed by atoms with Crippen LogP contribution in [-0.2, 0) is 4.79 Å². The van der Waals surface area contributed by atoms with E-state index in [1.54, 1.807) is 0 Å². The molecule has 28 heavy (non-hydrogen) atoms. The van der Waals surface area contributed by atoms with Gasteiger partial charge in [0.15, 0.2) is 0 Å². The Labute approximate surface area is 171 Å². The lowest BCUT2D eigenvalue weighted by Crippen LogP contribution is -2.42. The summed E-state index contributed by atoms with van der Waals surface area (Å²) in [4.78, 5) is 17.3. The summed E-state index contributed by atoms with van der Waals surface area (Å²) in [6.45, 7) is 4.16. The first kappa shape index (κ1) is 18.5. The number of piperidine rings is 1. The van der Waals surface area contributed by atoms with Crippen molar-refractivity contribution in [3.8, 4) is 0 Å². The average Bonchev–Trinajstić information content (AvgIpc) is 3.45. The maximum atomic E-state index is 12.7. The van der Waals surface area contributed by atoms with Crippen LogP contribution in [0.3, 0.4) is 0 Å². The Morgan fingerprint density at radius 3 is 2.64 bits per heavy atom. The van der Waals surface area contributed by atoms with Crippen molar-refractivity contribution in [2.75, 3.05) is 37.8 Å². The summed E-state index contributed by atoms with van der Waals surface area (Å²) in [6.07, 6.45) is 3.41. The molecule has 3 heterocycles. The third-order valence-electron chi connectivity index (χ3n) is 6.76. The van der Waals surface area contributed by atoms with E-state index in [0.29, 0.717) is 17.9 Å². The van der Waals surface area contributed by atoms with E-state index in [1.165, 1.54) is 29.2 Å². The summed E-state index contributed by atoms with van der Waals surface area (Å²) < 4.78 is 0. The summed E-state index contributed by atoms with van der Waals surface area (Å²) in [5, 5.41) is 6.18. The minimum Gasteiger partial charge on any atom is -0.331 e. The highest BCUT2D eigenvalue weighted by Crippen LogP contribution is 2.32. The zero-order valence-electron chi connectivity index (χ0n) is 16.3. The van der Waals surface area contributed by atoms with Gasteiger partial charge in [-0.25, -0.2) is 0 Å². The Kier molecular flexibility index (Phi) is 5.31. The maximum absolute atomic E-state index is 12.7. The summed E-state index contributed by atoms with van der Waals surface area (Å²) in [5.41, 5.74) is 1.49. The number of carbonyl (C=O) groups excluding carboxylic acids is 1. The van der Waals surface area contributed by atoms with Gasteiger partial charge in [-0.2, -0.15) is 0 Å². The molecule has 148 valence electrons. The van der Waals surface area contributed by atoms with Crippen LogP contribution in [0.15, 0.2) is 42.5 Å². The summed E-state index contributed by atoms with van der Waals surface area (Å²) in [5.74, 6) is 2.94. The van der Waals surface area contributed by atoms with E-state index >= 15 is 0 Å². The van der Waals surface area contributed by atoms with E-state index in [4.69, 9.17) is 0 Å². The molecule has 0 bridgehead atoms. The first-order chi connectivity index (χ1) is 13.8. The number of nitrogens with one attached hydrogen (secondary N) is 1. The minimum absolute atomic E-state index is 0.0295. The van der Waals surface area contributed by atoms with Gasteiger partial charge in [-0.3, -0.25) is 9.69 Å². The smallest absolute Gasteiger partial charge is 0.240 e. The largest absolute Gasteiger partial charge is 0.331 e. The Morgan fingerprint density at radius 2 is 1.86 bits per heavy atom. The van der Waals surface area contributed by atoms with E-state index < -0.39 is 0 Å². The molecule has 3 fully saturated rings. The molecular formula is C23H29N3OS. The van der Waals surface area contributed by atoms with Gasteiger partial charge in [0, 0.05) is 24.9 Å². The van der Waals surface area contributed by atoms with Crippen molar-refractivity contribution < 1.29 is 4.79 Å². The lowest BCUT2D eigenvalue weighted by molar-refractivity contribution is -0.131. The van der Waals surface area contributed by atoms with Crippen LogP contribution in [0, 0.1) is 0 Å². The molecule has 1 N–H and O–H groups in total. The van der Waals surface area contributed by atoms with Crippen molar-refractivity contribution in [2.24, 2.45) is 0 Å². The van der Waals surface area contributed by atoms with Crippen molar-refractivity contribution in [2.45, 2.75) is 37.3 Å². The van der Waals surface area contributed by atoms with Gasteiger partial charge in [-0.1, -0.05) is 42.5 Å². The van der Waals surface area contributed by atoms with Crippen LogP contribution in [0.1, 0.15) is 30.7 Å². The van der Waals surface area contributed by atoms with E-state index in [0.717, 1.165) is 44.2 Å². The molecule has 1 amide bonds. The fourth-order valence-electron chi connectivity index (χ4n) is 5.05. The fourth-order valence-corrected chi connectivity index (χ4v) is 6.01. The quantitative estimate of drug-likeness (QED) is 0.865. The molecule has 3 aliphatic heterocycles. The van der Waals surface area contributed by atoms with Gasteiger partial charge in [0.05, 0.1) is 11.9 Å². The number of nitrogens with zero attached hydrogens (tertiary/aromatic N) is 2. The standard InChI is InChI=1S/C23H29N3OS/c27-23(26-11-12-28-16-26)22-14-21(15-24-22)25-9-7-18(8-10-25)20-6-5-17-3-1-2-4-19(17)13-20/h1-6,13,18,21-22,24H,7-12,14-16H2/t21-,22-/m0/s1. The maximum Gasteiger partial charge on any atom is 0.240 e. The number of hydrogen-bond acceptors (Lipinski definition) is 4. The third kappa shape index (κ3) is 3.68. The van der Waals surface area contributed by atoms with E-state index in [9.17, 15) is 4.79 Å². The molecular weight excluding hydrogens is 366 g/mol. The van der Waals surface area contributed by atoms with Crippen LogP contribution >= 0.6 is 11.8 Å². The average molecular weight is 396 g/mol. The zero-order valence-corrected chi connectivity index (χ0v) is 17.2. The first-order valence-corrected chi connectivity index (χ1v) is 11.8. The van der Waals surface area contributed by atoms with Crippen molar-refractivity contribution in [3.05, 3.63) is 48.0 Å². The van der Waals surface area contributed by atoms with E-state index in [-0.39, 0.29) is 6.04 Å². The lowest BCUT2D eigenvalue weighted by atomic mass is 9.87. The third-order valence-corrected chi connectivity index (χ3v) is 7.73. The molecule has 5 heteroatoms. The van der Waals surface area contributed by atoms with Gasteiger partial charge in [-0.15, -0.1) is 11.8 Å². The van der Waals surface area contributed by atoms with Gasteiger partial charge in [-0.05, 0) is 54.6 Å². The normalized spacial score (nSPS) is 26.9. The lowest BCUT2D eigenvalue weighted by Gasteiger charge is -2.36. The molecule has 3 aliphatic rings. The first-order valence-electron chi connectivity index (χ1n) is 10.6. The van der Waals surface area contributed by atoms with E-state index in [1.807, 2.05) is 16.7 Å². The molecule has 4 nitrogen and oxygen atoms in total. The summed E-state index contributed by atoms with van der Waals surface area (Å²) in [6, 6.07) is 16.2. The van der Waals surface area contributed by atoms with Crippen LogP contribution in [-0.4, -0.2) is 65.6 Å². The highest BCUT2D eigenvalue weighted by Gasteiger charge is 2.36. The predicted octanol–water partition coefficient (Wildman–Crippen LogP) is 3.28. The Bertz CT molecular complexity index is 843. The van der Waals surface area contributed by atoms with Gasteiger partial charge >= 0.3 is 0 Å². The molecule has 2 aromatic rings. The Morgan fingerprint density at radius 1 is 1.04 bits per heavy atom. The van der Waals surface area contributed by atoms with Crippen molar-refractivity contribution in [1.82, 2.24) is 15.1 Å². The molecule has 0 aromatic heterocycles. The van der Waals surface area contributed by atoms with Crippen LogP contribution in [0.2, 0.25) is 0 Å². The van der Waals surface area contributed by atoms with Crippen LogP contribution in [0.4, 0.5) is 0 Å². The van der Waals surface area contributed by atoms with Crippen LogP contribution in [0.25, 0.3) is 10.8 Å². The summed E-state index contributed by atoms with van der Waals surface area (Å²) in [7, 11) is 0. The molecule has 3 saturated heterocycles. The number of carbonyl (C=O) groups is 1. The topological polar surface area (TPSA) is 35.6 Å². The fraction of sp³-hybridized carbons (Fsp3) is 0.522. The number of thioether (sulfide) groups is 1. The SMILES string of the molecule is O=C([C@@H]1C[C@H](N2CCC(c3ccc4ccccc4c3)CC2)CN1)N1CCSC1. The molecule has 2 atom stereocenters. The van der Waals surface area contributed by atoms with Crippen molar-refractivity contribution in [1.29, 1.82) is 0 Å². The number of hydrogen-bond donors (Lipinski definition) is 1. The molecule has 5 rings (SSSR count). The number of benzene rings is 2. The molecule has 0 radical (unpaired) electrons. The van der Waals surface area contributed by atoms with E-state index in [2.05, 4.69) is 52.7 Å².